The maximum absolute atomic E-state index is 13.6. The van der Waals surface area contributed by atoms with Gasteiger partial charge in [0.1, 0.15) is 0 Å². The molecular formula is C17H20FN3O. The molecule has 0 saturated carbocycles. The molecule has 116 valence electrons. The molecule has 0 aliphatic heterocycles. The van der Waals surface area contributed by atoms with Gasteiger partial charge < -0.3 is 15.4 Å². The molecule has 0 aliphatic carbocycles. The lowest BCUT2D eigenvalue weighted by Gasteiger charge is -2.12. The van der Waals surface area contributed by atoms with Gasteiger partial charge in [0.05, 0.1) is 7.11 Å². The van der Waals surface area contributed by atoms with Crippen LogP contribution >= 0.6 is 0 Å². The molecule has 22 heavy (non-hydrogen) atoms. The molecule has 0 radical (unpaired) electrons. The third kappa shape index (κ3) is 4.48. The maximum Gasteiger partial charge on any atom is 0.191 e. The standard InChI is InChI=1S/C17H20FN3O/c1-19-17(20-11-13-6-4-3-5-7-13)21-12-14-8-9-16(22-2)15(18)10-14/h3-10H,11-12H2,1-2H3,(H2,19,20,21). The van der Waals surface area contributed by atoms with Crippen LogP contribution in [0, 0.1) is 5.82 Å². The summed E-state index contributed by atoms with van der Waals surface area (Å²) in [6, 6.07) is 14.9. The molecule has 0 heterocycles. The van der Waals surface area contributed by atoms with E-state index in [0.29, 0.717) is 19.0 Å². The molecule has 0 aromatic heterocycles. The normalized spacial score (nSPS) is 11.1. The van der Waals surface area contributed by atoms with Crippen LogP contribution in [0.4, 0.5) is 4.39 Å². The van der Waals surface area contributed by atoms with Crippen molar-refractivity contribution in [3.63, 3.8) is 0 Å². The molecule has 5 heteroatoms. The summed E-state index contributed by atoms with van der Waals surface area (Å²) in [5, 5.41) is 6.37. The second kappa shape index (κ2) is 8.02. The first-order valence-electron chi connectivity index (χ1n) is 7.04. The van der Waals surface area contributed by atoms with Gasteiger partial charge in [0.25, 0.3) is 0 Å². The van der Waals surface area contributed by atoms with Gasteiger partial charge in [0, 0.05) is 20.1 Å². The summed E-state index contributed by atoms with van der Waals surface area (Å²) in [6.45, 7) is 1.16. The van der Waals surface area contributed by atoms with Crippen LogP contribution < -0.4 is 15.4 Å². The zero-order chi connectivity index (χ0) is 15.8. The summed E-state index contributed by atoms with van der Waals surface area (Å²) in [5.41, 5.74) is 1.99. The van der Waals surface area contributed by atoms with E-state index in [9.17, 15) is 4.39 Å². The van der Waals surface area contributed by atoms with Gasteiger partial charge >= 0.3 is 0 Å². The number of aliphatic imine (C=N–C) groups is 1. The summed E-state index contributed by atoms with van der Waals surface area (Å²) in [6.07, 6.45) is 0. The molecule has 0 saturated heterocycles. The van der Waals surface area contributed by atoms with Crippen molar-refractivity contribution in [3.05, 3.63) is 65.5 Å². The highest BCUT2D eigenvalue weighted by Crippen LogP contribution is 2.17. The second-order valence-electron chi connectivity index (χ2n) is 4.73. The number of nitrogens with one attached hydrogen (secondary N) is 2. The van der Waals surface area contributed by atoms with Gasteiger partial charge in [-0.05, 0) is 23.3 Å². The van der Waals surface area contributed by atoms with Gasteiger partial charge in [0.15, 0.2) is 17.5 Å². The minimum atomic E-state index is -0.367. The van der Waals surface area contributed by atoms with Crippen LogP contribution in [0.15, 0.2) is 53.5 Å². The van der Waals surface area contributed by atoms with Crippen LogP contribution in [-0.4, -0.2) is 20.1 Å². The van der Waals surface area contributed by atoms with Gasteiger partial charge in [-0.3, -0.25) is 4.99 Å². The topological polar surface area (TPSA) is 45.7 Å². The Morgan fingerprint density at radius 2 is 1.73 bits per heavy atom. The fourth-order valence-electron chi connectivity index (χ4n) is 2.01. The van der Waals surface area contributed by atoms with Crippen molar-refractivity contribution in [1.29, 1.82) is 0 Å². The van der Waals surface area contributed by atoms with Crippen LogP contribution in [0.2, 0.25) is 0 Å². The molecule has 2 rings (SSSR count). The molecule has 2 N–H and O–H groups in total. The van der Waals surface area contributed by atoms with Crippen molar-refractivity contribution in [3.8, 4) is 5.75 Å². The number of guanidine groups is 1. The van der Waals surface area contributed by atoms with Crippen molar-refractivity contribution < 1.29 is 9.13 Å². The first kappa shape index (κ1) is 15.8. The van der Waals surface area contributed by atoms with Crippen molar-refractivity contribution in [1.82, 2.24) is 10.6 Å². The predicted molar refractivity (Wildman–Crippen MR) is 86.4 cm³/mol. The Bertz CT molecular complexity index is 629. The van der Waals surface area contributed by atoms with Crippen molar-refractivity contribution in [2.45, 2.75) is 13.1 Å². The Balaban J connectivity index is 1.87. The second-order valence-corrected chi connectivity index (χ2v) is 4.73. The van der Waals surface area contributed by atoms with Gasteiger partial charge in [-0.1, -0.05) is 36.4 Å². The van der Waals surface area contributed by atoms with Crippen LogP contribution in [0.1, 0.15) is 11.1 Å². The molecule has 0 unspecified atom stereocenters. The quantitative estimate of drug-likeness (QED) is 0.659. The molecule has 0 spiro atoms. The van der Waals surface area contributed by atoms with Gasteiger partial charge in [0.2, 0.25) is 0 Å². The Kier molecular flexibility index (Phi) is 5.77. The van der Waals surface area contributed by atoms with Crippen LogP contribution in [0.5, 0.6) is 5.75 Å². The fraction of sp³-hybridized carbons (Fsp3) is 0.235. The highest BCUT2D eigenvalue weighted by molar-refractivity contribution is 5.79. The molecule has 0 bridgehead atoms. The summed E-state index contributed by atoms with van der Waals surface area (Å²) in [7, 11) is 3.15. The van der Waals surface area contributed by atoms with Crippen LogP contribution in [-0.2, 0) is 13.1 Å². The first-order valence-corrected chi connectivity index (χ1v) is 7.04. The van der Waals surface area contributed by atoms with E-state index in [1.165, 1.54) is 18.7 Å². The van der Waals surface area contributed by atoms with E-state index in [4.69, 9.17) is 4.74 Å². The predicted octanol–water partition coefficient (Wildman–Crippen LogP) is 2.70. The summed E-state index contributed by atoms with van der Waals surface area (Å²) in [5.74, 6) is 0.546. The minimum absolute atomic E-state index is 0.246. The summed E-state index contributed by atoms with van der Waals surface area (Å²) < 4.78 is 18.5. The van der Waals surface area contributed by atoms with E-state index in [-0.39, 0.29) is 11.6 Å². The average molecular weight is 301 g/mol. The van der Waals surface area contributed by atoms with Crippen LogP contribution in [0.25, 0.3) is 0 Å². The minimum Gasteiger partial charge on any atom is -0.494 e. The van der Waals surface area contributed by atoms with E-state index in [1.54, 1.807) is 13.1 Å². The Morgan fingerprint density at radius 1 is 1.05 bits per heavy atom. The zero-order valence-corrected chi connectivity index (χ0v) is 12.8. The largest absolute Gasteiger partial charge is 0.494 e. The lowest BCUT2D eigenvalue weighted by atomic mass is 10.2. The van der Waals surface area contributed by atoms with E-state index in [0.717, 1.165) is 5.56 Å². The molecule has 2 aromatic carbocycles. The Hall–Kier alpha value is -2.56. The number of halogens is 1. The third-order valence-electron chi connectivity index (χ3n) is 3.20. The zero-order valence-electron chi connectivity index (χ0n) is 12.8. The molecule has 2 aromatic rings. The lowest BCUT2D eigenvalue weighted by molar-refractivity contribution is 0.386. The first-order chi connectivity index (χ1) is 10.7. The van der Waals surface area contributed by atoms with Crippen molar-refractivity contribution in [2.24, 2.45) is 4.99 Å². The van der Waals surface area contributed by atoms with E-state index >= 15 is 0 Å². The molecule has 4 nitrogen and oxygen atoms in total. The van der Waals surface area contributed by atoms with Crippen molar-refractivity contribution >= 4 is 5.96 Å². The third-order valence-corrected chi connectivity index (χ3v) is 3.20. The number of benzene rings is 2. The Labute approximate surface area is 130 Å². The lowest BCUT2D eigenvalue weighted by Crippen LogP contribution is -2.36. The summed E-state index contributed by atoms with van der Waals surface area (Å²) >= 11 is 0. The van der Waals surface area contributed by atoms with E-state index in [2.05, 4.69) is 15.6 Å². The number of hydrogen-bond acceptors (Lipinski definition) is 2. The van der Waals surface area contributed by atoms with E-state index < -0.39 is 0 Å². The SMILES string of the molecule is CN=C(NCc1ccccc1)NCc1ccc(OC)c(F)c1. The van der Waals surface area contributed by atoms with Gasteiger partial charge in [-0.25, -0.2) is 4.39 Å². The maximum atomic E-state index is 13.6. The highest BCUT2D eigenvalue weighted by Gasteiger charge is 2.04. The Morgan fingerprint density at radius 3 is 2.32 bits per heavy atom. The summed E-state index contributed by atoms with van der Waals surface area (Å²) in [4.78, 5) is 4.15. The van der Waals surface area contributed by atoms with Gasteiger partial charge in [-0.2, -0.15) is 0 Å². The highest BCUT2D eigenvalue weighted by atomic mass is 19.1. The van der Waals surface area contributed by atoms with E-state index in [1.807, 2.05) is 36.4 Å². The number of hydrogen-bond donors (Lipinski definition) is 2. The number of nitrogens with zero attached hydrogens (tertiary/aromatic N) is 1. The van der Waals surface area contributed by atoms with Gasteiger partial charge in [-0.15, -0.1) is 0 Å². The fourth-order valence-corrected chi connectivity index (χ4v) is 2.01. The molecule has 0 aliphatic rings. The number of ether oxygens (including phenoxy) is 1. The van der Waals surface area contributed by atoms with Crippen LogP contribution in [0.3, 0.4) is 0 Å². The molecular weight excluding hydrogens is 281 g/mol. The molecule has 0 fully saturated rings. The van der Waals surface area contributed by atoms with Crippen molar-refractivity contribution in [2.75, 3.05) is 14.2 Å². The molecule has 0 amide bonds. The molecule has 0 atom stereocenters. The number of methoxy groups -OCH3 is 1. The smallest absolute Gasteiger partial charge is 0.191 e. The average Bonchev–Trinajstić information content (AvgIpc) is 2.56. The number of rotatable bonds is 5. The monoisotopic (exact) mass is 301 g/mol.